The van der Waals surface area contributed by atoms with E-state index in [4.69, 9.17) is 0 Å². The van der Waals surface area contributed by atoms with Crippen LogP contribution in [0.4, 0.5) is 17.1 Å². The molecule has 1 heteroatoms. The maximum atomic E-state index is 2.39. The summed E-state index contributed by atoms with van der Waals surface area (Å²) in [5.74, 6) is 0. The first-order valence-corrected chi connectivity index (χ1v) is 21.1. The van der Waals surface area contributed by atoms with Crippen molar-refractivity contribution in [2.45, 2.75) is 0 Å². The van der Waals surface area contributed by atoms with Crippen molar-refractivity contribution < 1.29 is 0 Å². The molecule has 0 saturated carbocycles. The van der Waals surface area contributed by atoms with Crippen molar-refractivity contribution in [3.63, 3.8) is 0 Å². The molecule has 0 spiro atoms. The zero-order valence-corrected chi connectivity index (χ0v) is 33.5. The van der Waals surface area contributed by atoms with Gasteiger partial charge in [-0.15, -0.1) is 0 Å². The van der Waals surface area contributed by atoms with Crippen molar-refractivity contribution in [2.24, 2.45) is 0 Å². The molecule has 12 aromatic carbocycles. The number of benzene rings is 12. The summed E-state index contributed by atoms with van der Waals surface area (Å²) in [4.78, 5) is 2.39. The van der Waals surface area contributed by atoms with Gasteiger partial charge in [0.1, 0.15) is 0 Å². The molecule has 0 heterocycles. The highest BCUT2D eigenvalue weighted by Gasteiger charge is 2.16. The lowest BCUT2D eigenvalue weighted by Crippen LogP contribution is -2.10. The van der Waals surface area contributed by atoms with Gasteiger partial charge in [0, 0.05) is 17.1 Å². The van der Waals surface area contributed by atoms with E-state index >= 15 is 0 Å². The Hall–Kier alpha value is -8.00. The summed E-state index contributed by atoms with van der Waals surface area (Å²) >= 11 is 0. The summed E-state index contributed by atoms with van der Waals surface area (Å²) in [7, 11) is 0. The minimum Gasteiger partial charge on any atom is -0.310 e. The highest BCUT2D eigenvalue weighted by molar-refractivity contribution is 6.13. The van der Waals surface area contributed by atoms with Gasteiger partial charge in [0.05, 0.1) is 0 Å². The molecule has 0 aliphatic rings. The SMILES string of the molecule is c1cc(-c2cccc3c2ccc2ccccc23)cc(N(c2ccc(-c3ccc4c(ccc5ccccc54)c3)cc2)c2ccc(-c3ccc4c(ccc5ccccc54)c3)cc2)c1. The van der Waals surface area contributed by atoms with Gasteiger partial charge >= 0.3 is 0 Å². The second-order valence-electron chi connectivity index (χ2n) is 16.1. The van der Waals surface area contributed by atoms with Crippen LogP contribution in [0.25, 0.3) is 98.0 Å². The Morgan fingerprint density at radius 1 is 0.197 bits per heavy atom. The van der Waals surface area contributed by atoms with Crippen LogP contribution in [-0.4, -0.2) is 0 Å². The van der Waals surface area contributed by atoms with Crippen LogP contribution in [0.1, 0.15) is 0 Å². The first-order valence-electron chi connectivity index (χ1n) is 21.1. The molecule has 0 aromatic heterocycles. The Labute approximate surface area is 355 Å². The van der Waals surface area contributed by atoms with Crippen molar-refractivity contribution in [1.29, 1.82) is 0 Å². The smallest absolute Gasteiger partial charge is 0.0467 e. The van der Waals surface area contributed by atoms with Crippen molar-refractivity contribution in [3.05, 3.63) is 237 Å². The van der Waals surface area contributed by atoms with Gasteiger partial charge in [-0.3, -0.25) is 0 Å². The molecule has 0 atom stereocenters. The number of rotatable bonds is 6. The molecule has 0 aliphatic heterocycles. The molecule has 0 aliphatic carbocycles. The predicted octanol–water partition coefficient (Wildman–Crippen LogP) is 17.1. The van der Waals surface area contributed by atoms with E-state index in [0.717, 1.165) is 17.1 Å². The first kappa shape index (κ1) is 35.0. The number of hydrogen-bond acceptors (Lipinski definition) is 1. The zero-order chi connectivity index (χ0) is 40.3. The van der Waals surface area contributed by atoms with Crippen molar-refractivity contribution in [2.75, 3.05) is 4.90 Å². The van der Waals surface area contributed by atoms with E-state index in [1.54, 1.807) is 0 Å². The average Bonchev–Trinajstić information content (AvgIpc) is 3.34. The number of nitrogens with zero attached hydrogens (tertiary/aromatic N) is 1. The average molecular weight is 774 g/mol. The van der Waals surface area contributed by atoms with Crippen molar-refractivity contribution >= 4 is 81.7 Å². The molecule has 61 heavy (non-hydrogen) atoms. The summed E-state index contributed by atoms with van der Waals surface area (Å²) in [6.45, 7) is 0. The van der Waals surface area contributed by atoms with Crippen LogP contribution in [0.3, 0.4) is 0 Å². The third-order valence-electron chi connectivity index (χ3n) is 12.6. The molecule has 0 saturated heterocycles. The van der Waals surface area contributed by atoms with Crippen LogP contribution >= 0.6 is 0 Å². The molecule has 1 nitrogen and oxygen atoms in total. The molecular weight excluding hydrogens is 735 g/mol. The fraction of sp³-hybridized carbons (Fsp3) is 0. The second-order valence-corrected chi connectivity index (χ2v) is 16.1. The minimum absolute atomic E-state index is 1.10. The lowest BCUT2D eigenvalue weighted by atomic mass is 9.94. The Morgan fingerprint density at radius 3 is 1.16 bits per heavy atom. The van der Waals surface area contributed by atoms with Gasteiger partial charge < -0.3 is 4.90 Å². The predicted molar refractivity (Wildman–Crippen MR) is 262 cm³/mol. The van der Waals surface area contributed by atoms with Crippen LogP contribution in [-0.2, 0) is 0 Å². The van der Waals surface area contributed by atoms with E-state index in [0.29, 0.717) is 0 Å². The highest BCUT2D eigenvalue weighted by atomic mass is 15.1. The Kier molecular flexibility index (Phi) is 8.25. The molecule has 0 radical (unpaired) electrons. The van der Waals surface area contributed by atoms with Gasteiger partial charge in [0.25, 0.3) is 0 Å². The summed E-state index contributed by atoms with van der Waals surface area (Å²) in [6.07, 6.45) is 0. The third-order valence-corrected chi connectivity index (χ3v) is 12.6. The van der Waals surface area contributed by atoms with E-state index in [2.05, 4.69) is 241 Å². The molecule has 0 amide bonds. The summed E-state index contributed by atoms with van der Waals surface area (Å²) in [5.41, 5.74) is 10.5. The van der Waals surface area contributed by atoms with E-state index < -0.39 is 0 Å². The minimum atomic E-state index is 1.10. The first-order chi connectivity index (χ1) is 30.2. The lowest BCUT2D eigenvalue weighted by Gasteiger charge is -2.26. The van der Waals surface area contributed by atoms with Gasteiger partial charge in [-0.1, -0.05) is 188 Å². The van der Waals surface area contributed by atoms with E-state index in [9.17, 15) is 0 Å². The lowest BCUT2D eigenvalue weighted by molar-refractivity contribution is 1.28. The van der Waals surface area contributed by atoms with Crippen LogP contribution in [0.2, 0.25) is 0 Å². The van der Waals surface area contributed by atoms with Crippen LogP contribution in [0.15, 0.2) is 237 Å². The fourth-order valence-corrected chi connectivity index (χ4v) is 9.54. The quantitative estimate of drug-likeness (QED) is 0.152. The number of anilines is 3. The van der Waals surface area contributed by atoms with E-state index in [1.165, 1.54) is 98.0 Å². The van der Waals surface area contributed by atoms with Gasteiger partial charge in [0.15, 0.2) is 0 Å². The van der Waals surface area contributed by atoms with Crippen molar-refractivity contribution in [1.82, 2.24) is 0 Å². The van der Waals surface area contributed by atoms with Gasteiger partial charge in [-0.25, -0.2) is 0 Å². The summed E-state index contributed by atoms with van der Waals surface area (Å²) < 4.78 is 0. The monoisotopic (exact) mass is 773 g/mol. The van der Waals surface area contributed by atoms with Gasteiger partial charge in [-0.05, 0) is 147 Å². The van der Waals surface area contributed by atoms with Crippen LogP contribution < -0.4 is 4.90 Å². The van der Waals surface area contributed by atoms with E-state index in [-0.39, 0.29) is 0 Å². The maximum Gasteiger partial charge on any atom is 0.0467 e. The molecule has 0 N–H and O–H groups in total. The molecule has 0 unspecified atom stereocenters. The third kappa shape index (κ3) is 6.10. The topological polar surface area (TPSA) is 3.24 Å². The summed E-state index contributed by atoms with van der Waals surface area (Å²) in [6, 6.07) is 86.9. The zero-order valence-electron chi connectivity index (χ0n) is 33.5. The maximum absolute atomic E-state index is 2.39. The second kappa shape index (κ2) is 14.4. The molecule has 0 bridgehead atoms. The molecular formula is C60H39N. The van der Waals surface area contributed by atoms with Crippen molar-refractivity contribution in [3.8, 4) is 33.4 Å². The fourth-order valence-electron chi connectivity index (χ4n) is 9.54. The Bertz CT molecular complexity index is 3470. The molecule has 284 valence electrons. The van der Waals surface area contributed by atoms with Gasteiger partial charge in [-0.2, -0.15) is 0 Å². The standard InChI is InChI=1S/C60H39N/c1-4-14-53-42(9-1)19-21-48-37-45(28-34-57(48)53)40-23-30-50(31-24-40)61(51-32-25-41(26-33-51)46-29-35-58-49(38-46)22-20-43-10-2-5-15-54(43)58)52-13-7-12-47(39-52)56-17-8-18-59-55-16-6-3-11-44(55)27-36-60(56)59/h1-39H. The largest absolute Gasteiger partial charge is 0.310 e. The normalized spacial score (nSPS) is 11.6. The Balaban J connectivity index is 0.950. The summed E-state index contributed by atoms with van der Waals surface area (Å²) in [5, 5.41) is 15.2. The van der Waals surface area contributed by atoms with Gasteiger partial charge in [0.2, 0.25) is 0 Å². The Morgan fingerprint density at radius 2 is 0.607 bits per heavy atom. The highest BCUT2D eigenvalue weighted by Crippen LogP contribution is 2.41. The van der Waals surface area contributed by atoms with Crippen LogP contribution in [0.5, 0.6) is 0 Å². The number of hydrogen-bond donors (Lipinski definition) is 0. The molecule has 12 aromatic rings. The van der Waals surface area contributed by atoms with Crippen LogP contribution in [0, 0.1) is 0 Å². The molecule has 12 rings (SSSR count). The molecule has 0 fully saturated rings. The number of fused-ring (bicyclic) bond motifs is 9. The van der Waals surface area contributed by atoms with E-state index in [1.807, 2.05) is 0 Å².